The number of aryl methyl sites for hydroxylation is 1. The van der Waals surface area contributed by atoms with Gasteiger partial charge in [-0.25, -0.2) is 4.79 Å². The Bertz CT molecular complexity index is 645. The molecule has 1 fully saturated rings. The summed E-state index contributed by atoms with van der Waals surface area (Å²) in [4.78, 5) is 28.1. The highest BCUT2D eigenvalue weighted by atomic mass is 16.5. The maximum absolute atomic E-state index is 11.8. The van der Waals surface area contributed by atoms with E-state index in [2.05, 4.69) is 15.0 Å². The molecule has 1 N–H and O–H groups in total. The standard InChI is InChI=1S/C11H15N5O4/c1-6-4-16(11(18)13-10(6)17)9-3-7(14-15-12)8(20-9)5-19-2/h4,7-9H,3,5H2,1-2H3,(H,13,17,18). The van der Waals surface area contributed by atoms with Gasteiger partial charge < -0.3 is 9.47 Å². The average Bonchev–Trinajstić information content (AvgIpc) is 2.78. The molecule has 3 atom stereocenters. The summed E-state index contributed by atoms with van der Waals surface area (Å²) in [6.45, 7) is 1.86. The lowest BCUT2D eigenvalue weighted by atomic mass is 10.1. The molecule has 0 saturated carbocycles. The fraction of sp³-hybridized carbons (Fsp3) is 0.636. The Morgan fingerprint density at radius 1 is 1.65 bits per heavy atom. The molecular formula is C11H15N5O4. The van der Waals surface area contributed by atoms with E-state index >= 15 is 0 Å². The molecule has 1 aromatic rings. The molecule has 1 saturated heterocycles. The van der Waals surface area contributed by atoms with Crippen LogP contribution in [0.2, 0.25) is 0 Å². The maximum Gasteiger partial charge on any atom is 0.330 e. The summed E-state index contributed by atoms with van der Waals surface area (Å²) in [5, 5.41) is 3.66. The van der Waals surface area contributed by atoms with Gasteiger partial charge in [-0.3, -0.25) is 14.3 Å². The summed E-state index contributed by atoms with van der Waals surface area (Å²) in [6.07, 6.45) is 0.784. The van der Waals surface area contributed by atoms with Crippen molar-refractivity contribution in [3.05, 3.63) is 43.0 Å². The van der Waals surface area contributed by atoms with E-state index in [0.717, 1.165) is 0 Å². The molecule has 0 aliphatic carbocycles. The second-order valence-electron chi connectivity index (χ2n) is 4.57. The largest absolute Gasteiger partial charge is 0.382 e. The van der Waals surface area contributed by atoms with E-state index in [1.807, 2.05) is 0 Å². The smallest absolute Gasteiger partial charge is 0.330 e. The summed E-state index contributed by atoms with van der Waals surface area (Å²) < 4.78 is 12.0. The maximum atomic E-state index is 11.8. The number of nitrogens with zero attached hydrogens (tertiary/aromatic N) is 4. The Kier molecular flexibility index (Phi) is 4.23. The van der Waals surface area contributed by atoms with E-state index in [1.54, 1.807) is 6.92 Å². The molecule has 108 valence electrons. The van der Waals surface area contributed by atoms with E-state index in [0.29, 0.717) is 12.0 Å². The number of azide groups is 1. The van der Waals surface area contributed by atoms with Crippen molar-refractivity contribution in [2.75, 3.05) is 13.7 Å². The van der Waals surface area contributed by atoms with Crippen molar-refractivity contribution in [2.45, 2.75) is 31.7 Å². The van der Waals surface area contributed by atoms with Crippen LogP contribution in [0.1, 0.15) is 18.2 Å². The third kappa shape index (κ3) is 2.74. The van der Waals surface area contributed by atoms with Crippen LogP contribution >= 0.6 is 0 Å². The number of nitrogens with one attached hydrogen (secondary N) is 1. The number of hydrogen-bond acceptors (Lipinski definition) is 5. The molecular weight excluding hydrogens is 266 g/mol. The van der Waals surface area contributed by atoms with Gasteiger partial charge in [-0.2, -0.15) is 0 Å². The highest BCUT2D eigenvalue weighted by Crippen LogP contribution is 2.30. The van der Waals surface area contributed by atoms with Crippen LogP contribution in [0.25, 0.3) is 10.4 Å². The number of ether oxygens (including phenoxy) is 2. The van der Waals surface area contributed by atoms with Crippen LogP contribution in [0.5, 0.6) is 0 Å². The van der Waals surface area contributed by atoms with Crippen LogP contribution in [0, 0.1) is 6.92 Å². The van der Waals surface area contributed by atoms with Crippen molar-refractivity contribution in [3.63, 3.8) is 0 Å². The Morgan fingerprint density at radius 2 is 2.40 bits per heavy atom. The lowest BCUT2D eigenvalue weighted by Crippen LogP contribution is -2.33. The lowest BCUT2D eigenvalue weighted by Gasteiger charge is -2.15. The van der Waals surface area contributed by atoms with Crippen molar-refractivity contribution in [1.82, 2.24) is 9.55 Å². The fourth-order valence-electron chi connectivity index (χ4n) is 2.19. The minimum absolute atomic E-state index is 0.261. The predicted octanol–water partition coefficient (Wildman–Crippen LogP) is 0.458. The Balaban J connectivity index is 2.31. The molecule has 1 aromatic heterocycles. The van der Waals surface area contributed by atoms with E-state index in [-0.39, 0.29) is 6.61 Å². The van der Waals surface area contributed by atoms with Gasteiger partial charge in [-0.15, -0.1) is 0 Å². The van der Waals surface area contributed by atoms with Gasteiger partial charge in [0, 0.05) is 30.2 Å². The molecule has 0 aromatic carbocycles. The number of methoxy groups -OCH3 is 1. The van der Waals surface area contributed by atoms with Gasteiger partial charge >= 0.3 is 5.69 Å². The molecule has 9 heteroatoms. The number of H-pyrrole nitrogens is 1. The van der Waals surface area contributed by atoms with Crippen molar-refractivity contribution >= 4 is 0 Å². The first-order valence-corrected chi connectivity index (χ1v) is 6.07. The molecule has 0 spiro atoms. The van der Waals surface area contributed by atoms with Gasteiger partial charge in [0.05, 0.1) is 18.8 Å². The zero-order valence-corrected chi connectivity index (χ0v) is 11.1. The Morgan fingerprint density at radius 3 is 3.05 bits per heavy atom. The second kappa shape index (κ2) is 5.91. The molecule has 2 heterocycles. The van der Waals surface area contributed by atoms with Crippen molar-refractivity contribution < 1.29 is 9.47 Å². The first-order valence-electron chi connectivity index (χ1n) is 6.07. The van der Waals surface area contributed by atoms with Gasteiger partial charge in [0.15, 0.2) is 0 Å². The highest BCUT2D eigenvalue weighted by molar-refractivity contribution is 5.02. The number of rotatable bonds is 4. The van der Waals surface area contributed by atoms with Gasteiger partial charge in [0.25, 0.3) is 5.56 Å². The summed E-state index contributed by atoms with van der Waals surface area (Å²) in [7, 11) is 1.51. The Labute approximate surface area is 113 Å². The number of aromatic amines is 1. The molecule has 1 aliphatic heterocycles. The fourth-order valence-corrected chi connectivity index (χ4v) is 2.19. The zero-order chi connectivity index (χ0) is 14.7. The van der Waals surface area contributed by atoms with E-state index in [9.17, 15) is 9.59 Å². The van der Waals surface area contributed by atoms with Crippen molar-refractivity contribution in [3.8, 4) is 0 Å². The van der Waals surface area contributed by atoms with Crippen LogP contribution in [0.3, 0.4) is 0 Å². The first-order chi connectivity index (χ1) is 9.56. The van der Waals surface area contributed by atoms with Crippen LogP contribution in [-0.4, -0.2) is 35.4 Å². The zero-order valence-electron chi connectivity index (χ0n) is 11.1. The summed E-state index contributed by atoms with van der Waals surface area (Å²) in [6, 6.07) is -0.413. The van der Waals surface area contributed by atoms with Crippen LogP contribution in [-0.2, 0) is 9.47 Å². The molecule has 0 bridgehead atoms. The molecule has 1 aliphatic rings. The van der Waals surface area contributed by atoms with Crippen LogP contribution in [0.4, 0.5) is 0 Å². The molecule has 0 radical (unpaired) electrons. The summed E-state index contributed by atoms with van der Waals surface area (Å²) in [5.74, 6) is 0. The SMILES string of the molecule is COCC1OC(n2cc(C)c(=O)[nH]c2=O)CC1N=[N+]=[N-]. The van der Waals surface area contributed by atoms with E-state index < -0.39 is 29.6 Å². The minimum atomic E-state index is -0.589. The quantitative estimate of drug-likeness (QED) is 0.489. The molecule has 2 rings (SSSR count). The van der Waals surface area contributed by atoms with Crippen molar-refractivity contribution in [1.29, 1.82) is 0 Å². The third-order valence-corrected chi connectivity index (χ3v) is 3.19. The first kappa shape index (κ1) is 14.3. The lowest BCUT2D eigenvalue weighted by molar-refractivity contribution is -0.0361. The normalized spacial score (nSPS) is 25.4. The van der Waals surface area contributed by atoms with Gasteiger partial charge in [0.2, 0.25) is 0 Å². The minimum Gasteiger partial charge on any atom is -0.382 e. The average molecular weight is 281 g/mol. The third-order valence-electron chi connectivity index (χ3n) is 3.19. The predicted molar refractivity (Wildman–Crippen MR) is 69.4 cm³/mol. The van der Waals surface area contributed by atoms with Gasteiger partial charge in [0.1, 0.15) is 6.23 Å². The van der Waals surface area contributed by atoms with Crippen molar-refractivity contribution in [2.24, 2.45) is 5.11 Å². The van der Waals surface area contributed by atoms with Crippen LogP contribution in [0.15, 0.2) is 20.9 Å². The van der Waals surface area contributed by atoms with Gasteiger partial charge in [-0.05, 0) is 12.5 Å². The topological polar surface area (TPSA) is 122 Å². The molecule has 20 heavy (non-hydrogen) atoms. The summed E-state index contributed by atoms with van der Waals surface area (Å²) in [5.41, 5.74) is 7.98. The molecule has 3 unspecified atom stereocenters. The van der Waals surface area contributed by atoms with E-state index in [4.69, 9.17) is 15.0 Å². The summed E-state index contributed by atoms with van der Waals surface area (Å²) >= 11 is 0. The molecule has 9 nitrogen and oxygen atoms in total. The highest BCUT2D eigenvalue weighted by Gasteiger charge is 2.36. The second-order valence-corrected chi connectivity index (χ2v) is 4.57. The monoisotopic (exact) mass is 281 g/mol. The van der Waals surface area contributed by atoms with Crippen LogP contribution < -0.4 is 11.2 Å². The Hall–Kier alpha value is -2.09. The molecule has 0 amide bonds. The number of hydrogen-bond donors (Lipinski definition) is 1. The number of aromatic nitrogens is 2. The van der Waals surface area contributed by atoms with Gasteiger partial charge in [-0.1, -0.05) is 5.11 Å². The van der Waals surface area contributed by atoms with E-state index in [1.165, 1.54) is 17.9 Å².